The first kappa shape index (κ1) is 14.4. The Morgan fingerprint density at radius 3 is 2.65 bits per heavy atom. The molecule has 0 radical (unpaired) electrons. The predicted octanol–water partition coefficient (Wildman–Crippen LogP) is 0.459. The number of rotatable bonds is 6. The SMILES string of the molecule is CCOC(=O)C(CC)NCC1(O)CCOCC1. The second kappa shape index (κ2) is 6.93. The van der Waals surface area contributed by atoms with E-state index in [0.29, 0.717) is 45.6 Å². The van der Waals surface area contributed by atoms with Crippen molar-refractivity contribution in [2.24, 2.45) is 0 Å². The number of hydrogen-bond acceptors (Lipinski definition) is 5. The summed E-state index contributed by atoms with van der Waals surface area (Å²) in [6.07, 6.45) is 1.88. The quantitative estimate of drug-likeness (QED) is 0.665. The van der Waals surface area contributed by atoms with Crippen LogP contribution in [0.4, 0.5) is 0 Å². The van der Waals surface area contributed by atoms with Crippen molar-refractivity contribution in [1.29, 1.82) is 0 Å². The Morgan fingerprint density at radius 2 is 2.12 bits per heavy atom. The third-order valence-corrected chi connectivity index (χ3v) is 3.08. The summed E-state index contributed by atoms with van der Waals surface area (Å²) in [7, 11) is 0. The first-order valence-electron chi connectivity index (χ1n) is 6.31. The minimum atomic E-state index is -0.752. The van der Waals surface area contributed by atoms with Gasteiger partial charge in [-0.2, -0.15) is 0 Å². The second-order valence-electron chi connectivity index (χ2n) is 4.43. The molecule has 100 valence electrons. The third kappa shape index (κ3) is 4.61. The molecule has 1 unspecified atom stereocenters. The maximum atomic E-state index is 11.6. The maximum Gasteiger partial charge on any atom is 0.323 e. The van der Waals surface area contributed by atoms with Gasteiger partial charge in [-0.1, -0.05) is 6.92 Å². The molecular formula is C12H23NO4. The van der Waals surface area contributed by atoms with Crippen LogP contribution in [-0.2, 0) is 14.3 Å². The number of nitrogens with one attached hydrogen (secondary N) is 1. The van der Waals surface area contributed by atoms with Crippen LogP contribution >= 0.6 is 0 Å². The predicted molar refractivity (Wildman–Crippen MR) is 63.7 cm³/mol. The van der Waals surface area contributed by atoms with E-state index in [-0.39, 0.29) is 12.0 Å². The molecule has 17 heavy (non-hydrogen) atoms. The van der Waals surface area contributed by atoms with Crippen LogP contribution in [-0.4, -0.2) is 49.1 Å². The van der Waals surface area contributed by atoms with Gasteiger partial charge < -0.3 is 19.9 Å². The Hall–Kier alpha value is -0.650. The van der Waals surface area contributed by atoms with E-state index in [2.05, 4.69) is 5.32 Å². The van der Waals surface area contributed by atoms with Gasteiger partial charge in [-0.3, -0.25) is 4.79 Å². The van der Waals surface area contributed by atoms with Crippen LogP contribution in [0.3, 0.4) is 0 Å². The van der Waals surface area contributed by atoms with Crippen molar-refractivity contribution < 1.29 is 19.4 Å². The molecule has 5 nitrogen and oxygen atoms in total. The zero-order valence-electron chi connectivity index (χ0n) is 10.7. The number of ether oxygens (including phenoxy) is 2. The summed E-state index contributed by atoms with van der Waals surface area (Å²) < 4.78 is 10.2. The van der Waals surface area contributed by atoms with Gasteiger partial charge in [0.15, 0.2) is 0 Å². The zero-order chi connectivity index (χ0) is 12.7. The molecule has 1 aliphatic heterocycles. The number of carbonyl (C=O) groups excluding carboxylic acids is 1. The molecule has 1 fully saturated rings. The standard InChI is InChI=1S/C12H23NO4/c1-3-10(11(14)17-4-2)13-9-12(15)5-7-16-8-6-12/h10,13,15H,3-9H2,1-2H3. The minimum absolute atomic E-state index is 0.245. The Bertz CT molecular complexity index is 239. The van der Waals surface area contributed by atoms with Crippen molar-refractivity contribution >= 4 is 5.97 Å². The molecule has 1 saturated heterocycles. The van der Waals surface area contributed by atoms with Gasteiger partial charge in [-0.15, -0.1) is 0 Å². The van der Waals surface area contributed by atoms with Crippen molar-refractivity contribution in [2.45, 2.75) is 44.8 Å². The first-order chi connectivity index (χ1) is 8.11. The van der Waals surface area contributed by atoms with E-state index in [1.165, 1.54) is 0 Å². The lowest BCUT2D eigenvalue weighted by Gasteiger charge is -2.33. The Balaban J connectivity index is 2.38. The van der Waals surface area contributed by atoms with Crippen LogP contribution in [0, 0.1) is 0 Å². The van der Waals surface area contributed by atoms with Gasteiger partial charge in [-0.25, -0.2) is 0 Å². The smallest absolute Gasteiger partial charge is 0.323 e. The molecule has 5 heteroatoms. The molecule has 0 bridgehead atoms. The molecule has 0 aromatic carbocycles. The summed E-state index contributed by atoms with van der Waals surface area (Å²) in [6, 6.07) is -0.332. The maximum absolute atomic E-state index is 11.6. The highest BCUT2D eigenvalue weighted by Gasteiger charge is 2.31. The van der Waals surface area contributed by atoms with E-state index in [1.54, 1.807) is 6.92 Å². The van der Waals surface area contributed by atoms with E-state index in [4.69, 9.17) is 9.47 Å². The second-order valence-corrected chi connectivity index (χ2v) is 4.43. The fourth-order valence-electron chi connectivity index (χ4n) is 1.88. The van der Waals surface area contributed by atoms with Crippen molar-refractivity contribution in [2.75, 3.05) is 26.4 Å². The van der Waals surface area contributed by atoms with Gasteiger partial charge in [0, 0.05) is 32.6 Å². The minimum Gasteiger partial charge on any atom is -0.465 e. The molecule has 1 heterocycles. The molecule has 0 aliphatic carbocycles. The molecule has 2 N–H and O–H groups in total. The molecule has 1 aliphatic rings. The first-order valence-corrected chi connectivity index (χ1v) is 6.31. The number of aliphatic hydroxyl groups is 1. The topological polar surface area (TPSA) is 67.8 Å². The van der Waals surface area contributed by atoms with Crippen LogP contribution in [0.5, 0.6) is 0 Å². The summed E-state index contributed by atoms with van der Waals surface area (Å²) in [5.74, 6) is -0.245. The summed E-state index contributed by atoms with van der Waals surface area (Å²) in [6.45, 7) is 5.66. The van der Waals surface area contributed by atoms with Gasteiger partial charge in [0.05, 0.1) is 12.2 Å². The summed E-state index contributed by atoms with van der Waals surface area (Å²) >= 11 is 0. The molecule has 0 amide bonds. The highest BCUT2D eigenvalue weighted by Crippen LogP contribution is 2.19. The van der Waals surface area contributed by atoms with Gasteiger partial charge in [0.1, 0.15) is 6.04 Å². The Morgan fingerprint density at radius 1 is 1.47 bits per heavy atom. The third-order valence-electron chi connectivity index (χ3n) is 3.08. The summed E-state index contributed by atoms with van der Waals surface area (Å²) in [5, 5.41) is 13.3. The van der Waals surface area contributed by atoms with Crippen molar-refractivity contribution in [3.8, 4) is 0 Å². The Labute approximate surface area is 102 Å². The van der Waals surface area contributed by atoms with E-state index in [0.717, 1.165) is 0 Å². The van der Waals surface area contributed by atoms with Gasteiger partial charge in [0.2, 0.25) is 0 Å². The molecule has 1 atom stereocenters. The fourth-order valence-corrected chi connectivity index (χ4v) is 1.88. The fraction of sp³-hybridized carbons (Fsp3) is 0.917. The van der Waals surface area contributed by atoms with Crippen LogP contribution < -0.4 is 5.32 Å². The summed E-state index contributed by atoms with van der Waals surface area (Å²) in [4.78, 5) is 11.6. The molecule has 0 spiro atoms. The van der Waals surface area contributed by atoms with E-state index in [1.807, 2.05) is 6.92 Å². The zero-order valence-corrected chi connectivity index (χ0v) is 10.7. The van der Waals surface area contributed by atoms with Gasteiger partial charge >= 0.3 is 5.97 Å². The average molecular weight is 245 g/mol. The van der Waals surface area contributed by atoms with Crippen molar-refractivity contribution in [1.82, 2.24) is 5.32 Å². The van der Waals surface area contributed by atoms with Crippen molar-refractivity contribution in [3.05, 3.63) is 0 Å². The van der Waals surface area contributed by atoms with Gasteiger partial charge in [-0.05, 0) is 13.3 Å². The Kier molecular flexibility index (Phi) is 5.88. The molecule has 0 saturated carbocycles. The van der Waals surface area contributed by atoms with Crippen molar-refractivity contribution in [3.63, 3.8) is 0 Å². The number of esters is 1. The highest BCUT2D eigenvalue weighted by molar-refractivity contribution is 5.75. The summed E-state index contributed by atoms with van der Waals surface area (Å²) in [5.41, 5.74) is -0.752. The normalized spacial score (nSPS) is 20.9. The van der Waals surface area contributed by atoms with E-state index < -0.39 is 5.60 Å². The van der Waals surface area contributed by atoms with Crippen LogP contribution in [0.2, 0.25) is 0 Å². The van der Waals surface area contributed by atoms with Crippen LogP contribution in [0.25, 0.3) is 0 Å². The lowest BCUT2D eigenvalue weighted by Crippen LogP contribution is -2.50. The molecule has 0 aromatic rings. The van der Waals surface area contributed by atoms with Gasteiger partial charge in [0.25, 0.3) is 0 Å². The van der Waals surface area contributed by atoms with Crippen LogP contribution in [0.15, 0.2) is 0 Å². The largest absolute Gasteiger partial charge is 0.465 e. The lowest BCUT2D eigenvalue weighted by molar-refractivity contribution is -0.146. The molecule has 1 rings (SSSR count). The number of carbonyl (C=O) groups is 1. The monoisotopic (exact) mass is 245 g/mol. The molecule has 0 aromatic heterocycles. The van der Waals surface area contributed by atoms with E-state index >= 15 is 0 Å². The molecular weight excluding hydrogens is 222 g/mol. The highest BCUT2D eigenvalue weighted by atomic mass is 16.5. The number of hydrogen-bond donors (Lipinski definition) is 2. The average Bonchev–Trinajstić information content (AvgIpc) is 2.31. The lowest BCUT2D eigenvalue weighted by atomic mass is 9.94. The van der Waals surface area contributed by atoms with Crippen LogP contribution in [0.1, 0.15) is 33.1 Å². The van der Waals surface area contributed by atoms with E-state index in [9.17, 15) is 9.90 Å².